The fourth-order valence-electron chi connectivity index (χ4n) is 2.48. The minimum atomic E-state index is -0.381. The van der Waals surface area contributed by atoms with Gasteiger partial charge in [0.2, 0.25) is 0 Å². The van der Waals surface area contributed by atoms with Crippen LogP contribution in [0.2, 0.25) is 0 Å². The molecule has 2 heteroatoms. The fraction of sp³-hybridized carbons (Fsp3) is 0.647. The van der Waals surface area contributed by atoms with Gasteiger partial charge in [-0.3, -0.25) is 0 Å². The lowest BCUT2D eigenvalue weighted by Crippen LogP contribution is -2.36. The molecule has 0 spiro atoms. The predicted molar refractivity (Wildman–Crippen MR) is 82.7 cm³/mol. The average Bonchev–Trinajstić information content (AvgIpc) is 2.25. The average molecular weight is 263 g/mol. The van der Waals surface area contributed by atoms with Crippen LogP contribution in [-0.4, -0.2) is 17.2 Å². The summed E-state index contributed by atoms with van der Waals surface area (Å²) >= 11 is 0. The molecule has 0 aliphatic carbocycles. The Hall–Kier alpha value is -0.860. The van der Waals surface area contributed by atoms with Crippen molar-refractivity contribution < 1.29 is 5.11 Å². The molecule has 0 amide bonds. The number of hydrogen-bond acceptors (Lipinski definition) is 2. The van der Waals surface area contributed by atoms with Gasteiger partial charge >= 0.3 is 0 Å². The van der Waals surface area contributed by atoms with Crippen LogP contribution in [0.5, 0.6) is 0 Å². The highest BCUT2D eigenvalue weighted by Gasteiger charge is 2.17. The van der Waals surface area contributed by atoms with Crippen LogP contribution < -0.4 is 5.32 Å². The zero-order valence-corrected chi connectivity index (χ0v) is 13.5. The molecule has 2 nitrogen and oxygen atoms in total. The molecule has 2 N–H and O–H groups in total. The molecule has 0 saturated heterocycles. The van der Waals surface area contributed by atoms with Crippen molar-refractivity contribution in [3.63, 3.8) is 0 Å². The number of aryl methyl sites for hydroxylation is 2. The van der Waals surface area contributed by atoms with Gasteiger partial charge in [0.15, 0.2) is 0 Å². The molecule has 0 aromatic heterocycles. The second-order valence-corrected chi connectivity index (χ2v) is 6.66. The van der Waals surface area contributed by atoms with Crippen LogP contribution in [0.3, 0.4) is 0 Å². The predicted octanol–water partition coefficient (Wildman–Crippen LogP) is 3.73. The van der Waals surface area contributed by atoms with Crippen molar-refractivity contribution in [1.29, 1.82) is 0 Å². The Kier molecular flexibility index (Phi) is 5.17. The molecule has 1 aromatic rings. The first-order chi connectivity index (χ1) is 8.63. The van der Waals surface area contributed by atoms with Gasteiger partial charge in [0, 0.05) is 5.54 Å². The van der Waals surface area contributed by atoms with E-state index in [1.54, 1.807) is 0 Å². The number of rotatable bonds is 4. The maximum atomic E-state index is 10.5. The van der Waals surface area contributed by atoms with Gasteiger partial charge in [-0.25, -0.2) is 0 Å². The fourth-order valence-corrected chi connectivity index (χ4v) is 2.48. The normalized spacial score (nSPS) is 13.7. The molecule has 0 aliphatic heterocycles. The summed E-state index contributed by atoms with van der Waals surface area (Å²) < 4.78 is 0. The maximum absolute atomic E-state index is 10.5. The third-order valence-corrected chi connectivity index (χ3v) is 3.83. The van der Waals surface area contributed by atoms with Crippen molar-refractivity contribution in [2.75, 3.05) is 6.54 Å². The quantitative estimate of drug-likeness (QED) is 0.867. The zero-order chi connectivity index (χ0) is 14.8. The van der Waals surface area contributed by atoms with Crippen molar-refractivity contribution >= 4 is 0 Å². The monoisotopic (exact) mass is 263 g/mol. The lowest BCUT2D eigenvalue weighted by atomic mass is 9.90. The minimum Gasteiger partial charge on any atom is -0.388 e. The Labute approximate surface area is 118 Å². The molecule has 0 aliphatic rings. The molecule has 19 heavy (non-hydrogen) atoms. The van der Waals surface area contributed by atoms with Gasteiger partial charge in [-0.1, -0.05) is 6.07 Å². The van der Waals surface area contributed by atoms with Crippen molar-refractivity contribution in [2.24, 2.45) is 0 Å². The van der Waals surface area contributed by atoms with E-state index in [2.05, 4.69) is 59.8 Å². The van der Waals surface area contributed by atoms with E-state index in [0.717, 1.165) is 18.5 Å². The largest absolute Gasteiger partial charge is 0.388 e. The van der Waals surface area contributed by atoms with Crippen molar-refractivity contribution in [3.05, 3.63) is 33.9 Å². The first-order valence-corrected chi connectivity index (χ1v) is 7.14. The van der Waals surface area contributed by atoms with Gasteiger partial charge < -0.3 is 10.4 Å². The van der Waals surface area contributed by atoms with Crippen LogP contribution in [0.25, 0.3) is 0 Å². The van der Waals surface area contributed by atoms with Crippen molar-refractivity contribution in [2.45, 2.75) is 66.5 Å². The van der Waals surface area contributed by atoms with E-state index in [-0.39, 0.29) is 11.6 Å². The number of hydrogen-bond donors (Lipinski definition) is 2. The molecule has 0 bridgehead atoms. The van der Waals surface area contributed by atoms with E-state index in [1.807, 2.05) is 0 Å². The second-order valence-electron chi connectivity index (χ2n) is 6.66. The van der Waals surface area contributed by atoms with Gasteiger partial charge in [-0.2, -0.15) is 0 Å². The first kappa shape index (κ1) is 16.2. The molecule has 0 heterocycles. The minimum absolute atomic E-state index is 0.104. The van der Waals surface area contributed by atoms with Crippen LogP contribution in [0, 0.1) is 27.7 Å². The topological polar surface area (TPSA) is 32.3 Å². The third-order valence-electron chi connectivity index (χ3n) is 3.83. The Morgan fingerprint density at radius 2 is 1.53 bits per heavy atom. The SMILES string of the molecule is Cc1cc(C)c(C)c(C(O)CCNC(C)(C)C)c1C. The van der Waals surface area contributed by atoms with E-state index in [4.69, 9.17) is 0 Å². The Morgan fingerprint density at radius 3 is 1.95 bits per heavy atom. The van der Waals surface area contributed by atoms with Crippen LogP contribution in [-0.2, 0) is 0 Å². The molecule has 0 fully saturated rings. The molecular weight excluding hydrogens is 234 g/mol. The molecule has 1 unspecified atom stereocenters. The third kappa shape index (κ3) is 4.32. The first-order valence-electron chi connectivity index (χ1n) is 7.14. The van der Waals surface area contributed by atoms with E-state index in [0.29, 0.717) is 0 Å². The molecular formula is C17H29NO. The van der Waals surface area contributed by atoms with Crippen molar-refractivity contribution in [3.8, 4) is 0 Å². The molecule has 108 valence electrons. The molecule has 0 radical (unpaired) electrons. The lowest BCUT2D eigenvalue weighted by Gasteiger charge is -2.24. The molecule has 1 atom stereocenters. The van der Waals surface area contributed by atoms with E-state index >= 15 is 0 Å². The van der Waals surface area contributed by atoms with Crippen LogP contribution in [0.1, 0.15) is 61.1 Å². The number of aliphatic hydroxyl groups is 1. The van der Waals surface area contributed by atoms with Gasteiger partial charge in [-0.15, -0.1) is 0 Å². The summed E-state index contributed by atoms with van der Waals surface area (Å²) in [5.41, 5.74) is 6.21. The van der Waals surface area contributed by atoms with Gasteiger partial charge in [0.05, 0.1) is 6.10 Å². The molecule has 1 aromatic carbocycles. The standard InChI is InChI=1S/C17H29NO/c1-11-10-12(2)14(4)16(13(11)3)15(19)8-9-18-17(5,6)7/h10,15,18-19H,8-9H2,1-7H3. The van der Waals surface area contributed by atoms with Crippen molar-refractivity contribution in [1.82, 2.24) is 5.32 Å². The summed E-state index contributed by atoms with van der Waals surface area (Å²) in [5, 5.41) is 13.9. The van der Waals surface area contributed by atoms with Crippen LogP contribution in [0.4, 0.5) is 0 Å². The highest BCUT2D eigenvalue weighted by molar-refractivity contribution is 5.45. The summed E-state index contributed by atoms with van der Waals surface area (Å²) in [4.78, 5) is 0. The van der Waals surface area contributed by atoms with E-state index in [1.165, 1.54) is 22.3 Å². The van der Waals surface area contributed by atoms with Gasteiger partial charge in [0.1, 0.15) is 0 Å². The highest BCUT2D eigenvalue weighted by atomic mass is 16.3. The smallest absolute Gasteiger partial charge is 0.0807 e. The summed E-state index contributed by atoms with van der Waals surface area (Å²) in [7, 11) is 0. The summed E-state index contributed by atoms with van der Waals surface area (Å²) in [6.45, 7) is 15.7. The summed E-state index contributed by atoms with van der Waals surface area (Å²) in [6.07, 6.45) is 0.371. The maximum Gasteiger partial charge on any atom is 0.0807 e. The summed E-state index contributed by atoms with van der Waals surface area (Å²) in [5.74, 6) is 0. The lowest BCUT2D eigenvalue weighted by molar-refractivity contribution is 0.162. The Balaban J connectivity index is 2.85. The zero-order valence-electron chi connectivity index (χ0n) is 13.5. The van der Waals surface area contributed by atoms with E-state index in [9.17, 15) is 5.11 Å². The second kappa shape index (κ2) is 6.06. The van der Waals surface area contributed by atoms with E-state index < -0.39 is 0 Å². The van der Waals surface area contributed by atoms with Gasteiger partial charge in [-0.05, 0) is 89.2 Å². The molecule has 1 rings (SSSR count). The molecule has 0 saturated carbocycles. The summed E-state index contributed by atoms with van der Waals surface area (Å²) in [6, 6.07) is 2.20. The van der Waals surface area contributed by atoms with Crippen LogP contribution >= 0.6 is 0 Å². The van der Waals surface area contributed by atoms with Gasteiger partial charge in [0.25, 0.3) is 0 Å². The van der Waals surface area contributed by atoms with Crippen LogP contribution in [0.15, 0.2) is 6.07 Å². The Bertz CT molecular complexity index is 417. The number of nitrogens with one attached hydrogen (secondary N) is 1. The number of benzene rings is 1. The number of aliphatic hydroxyl groups excluding tert-OH is 1. The Morgan fingerprint density at radius 1 is 1.05 bits per heavy atom. The highest BCUT2D eigenvalue weighted by Crippen LogP contribution is 2.28.